The summed E-state index contributed by atoms with van der Waals surface area (Å²) in [5.41, 5.74) is 3.42. The Balaban J connectivity index is 1.38. The third kappa shape index (κ3) is 4.99. The number of halogens is 1. The zero-order valence-electron chi connectivity index (χ0n) is 16.9. The number of carbonyl (C=O) groups excluding carboxylic acids is 1. The molecule has 1 aliphatic heterocycles. The number of benzene rings is 2. The Morgan fingerprint density at radius 1 is 1.21 bits per heavy atom. The topological polar surface area (TPSA) is 54.1 Å². The van der Waals surface area contributed by atoms with Gasteiger partial charge < -0.3 is 19.5 Å². The normalized spacial score (nSPS) is 17.0. The molecule has 2 aromatic carbocycles. The number of rotatable bonds is 6. The Labute approximate surface area is 176 Å². The van der Waals surface area contributed by atoms with E-state index in [-0.39, 0.29) is 5.91 Å². The Bertz CT molecular complexity index is 1000. The van der Waals surface area contributed by atoms with Gasteiger partial charge in [-0.15, -0.1) is 0 Å². The van der Waals surface area contributed by atoms with Gasteiger partial charge in [0, 0.05) is 33.8 Å². The summed E-state index contributed by atoms with van der Waals surface area (Å²) in [4.78, 5) is 15.7. The molecule has 1 amide bonds. The smallest absolute Gasteiger partial charge is 0.272 e. The first-order valence-electron chi connectivity index (χ1n) is 10.0. The maximum absolute atomic E-state index is 12.6. The van der Waals surface area contributed by atoms with Crippen molar-refractivity contribution >= 4 is 34.1 Å². The number of hydrogen-bond acceptors (Lipinski definition) is 2. The first-order chi connectivity index (χ1) is 13.9. The van der Waals surface area contributed by atoms with Gasteiger partial charge in [-0.05, 0) is 49.2 Å². The number of quaternary nitrogens is 1. The molecule has 0 unspecified atom stereocenters. The monoisotopic (exact) mass is 412 g/mol. The van der Waals surface area contributed by atoms with Crippen LogP contribution < -0.4 is 5.32 Å². The second kappa shape index (κ2) is 8.19. The van der Waals surface area contributed by atoms with Gasteiger partial charge in [-0.3, -0.25) is 4.79 Å². The minimum absolute atomic E-state index is 0.167. The molecule has 29 heavy (non-hydrogen) atoms. The van der Waals surface area contributed by atoms with Gasteiger partial charge in [0.05, 0.1) is 14.1 Å². The van der Waals surface area contributed by atoms with Gasteiger partial charge in [0.2, 0.25) is 0 Å². The molecule has 6 heteroatoms. The second-order valence-electron chi connectivity index (χ2n) is 8.48. The molecule has 3 aromatic rings. The highest BCUT2D eigenvalue weighted by Gasteiger charge is 2.25. The number of aromatic amines is 1. The molecule has 0 spiro atoms. The number of carbonyl (C=O) groups is 1. The van der Waals surface area contributed by atoms with Crippen molar-refractivity contribution in [1.82, 2.24) is 4.98 Å². The molecule has 1 saturated heterocycles. The highest BCUT2D eigenvalue weighted by molar-refractivity contribution is 6.31. The van der Waals surface area contributed by atoms with Crippen LogP contribution in [0.15, 0.2) is 48.5 Å². The maximum Gasteiger partial charge on any atom is 0.272 e. The van der Waals surface area contributed by atoms with Gasteiger partial charge in [0.25, 0.3) is 5.91 Å². The Morgan fingerprint density at radius 2 is 2.00 bits per heavy atom. The van der Waals surface area contributed by atoms with Crippen molar-refractivity contribution in [2.75, 3.05) is 32.6 Å². The average molecular weight is 413 g/mol. The molecule has 1 aromatic heterocycles. The highest BCUT2D eigenvalue weighted by atomic mass is 35.5. The summed E-state index contributed by atoms with van der Waals surface area (Å²) in [7, 11) is 4.47. The quantitative estimate of drug-likeness (QED) is 0.570. The maximum atomic E-state index is 12.6. The summed E-state index contributed by atoms with van der Waals surface area (Å²) in [6, 6.07) is 15.4. The second-order valence-corrected chi connectivity index (χ2v) is 8.91. The molecule has 152 valence electrons. The number of anilines is 1. The van der Waals surface area contributed by atoms with Gasteiger partial charge in [-0.25, -0.2) is 0 Å². The molecule has 2 N–H and O–H groups in total. The minimum Gasteiger partial charge on any atom is -0.372 e. The summed E-state index contributed by atoms with van der Waals surface area (Å²) >= 11 is 6.02. The molecule has 0 aliphatic carbocycles. The lowest BCUT2D eigenvalue weighted by molar-refractivity contribution is -0.906. The van der Waals surface area contributed by atoms with Gasteiger partial charge in [0.1, 0.15) is 24.9 Å². The SMILES string of the molecule is C[N+](C)(Cc1ccc(NC(=O)c2cc3cc(Cl)ccc3[nH]2)cc1)C[C@@H]1CCCO1. The number of nitrogens with one attached hydrogen (secondary N) is 2. The van der Waals surface area contributed by atoms with Crippen LogP contribution in [0, 0.1) is 0 Å². The molecule has 4 rings (SSSR count). The molecule has 5 nitrogen and oxygen atoms in total. The zero-order chi connectivity index (χ0) is 20.4. The van der Waals surface area contributed by atoms with E-state index in [1.807, 2.05) is 30.3 Å². The van der Waals surface area contributed by atoms with Crippen LogP contribution in [0.5, 0.6) is 0 Å². The largest absolute Gasteiger partial charge is 0.372 e. The Kier molecular flexibility index (Phi) is 5.63. The number of ether oxygens (including phenoxy) is 1. The van der Waals surface area contributed by atoms with Crippen LogP contribution in [-0.2, 0) is 11.3 Å². The predicted molar refractivity (Wildman–Crippen MR) is 117 cm³/mol. The lowest BCUT2D eigenvalue weighted by atomic mass is 10.1. The van der Waals surface area contributed by atoms with Crippen LogP contribution in [0.1, 0.15) is 28.9 Å². The molecular weight excluding hydrogens is 386 g/mol. The van der Waals surface area contributed by atoms with Gasteiger partial charge in [-0.2, -0.15) is 0 Å². The van der Waals surface area contributed by atoms with Crippen molar-refractivity contribution in [3.8, 4) is 0 Å². The summed E-state index contributed by atoms with van der Waals surface area (Å²) in [6.45, 7) is 2.84. The number of amides is 1. The number of aromatic nitrogens is 1. The van der Waals surface area contributed by atoms with Crippen molar-refractivity contribution in [3.05, 3.63) is 64.8 Å². The van der Waals surface area contributed by atoms with E-state index in [2.05, 4.69) is 36.5 Å². The standard InChI is InChI=1S/C23H26ClN3O2/c1-27(2,15-20-4-3-11-29-20)14-16-5-8-19(9-6-16)25-23(28)22-13-17-12-18(24)7-10-21(17)26-22/h5-10,12-13,20H,3-4,11,14-15H2,1-2H3,(H-,25,26,28)/p+1/t20-/m0/s1. The molecule has 1 fully saturated rings. The van der Waals surface area contributed by atoms with E-state index < -0.39 is 0 Å². The zero-order valence-corrected chi connectivity index (χ0v) is 17.6. The molecule has 0 radical (unpaired) electrons. The van der Waals surface area contributed by atoms with Crippen LogP contribution in [-0.4, -0.2) is 48.7 Å². The predicted octanol–water partition coefficient (Wildman–Crippen LogP) is 4.83. The van der Waals surface area contributed by atoms with Crippen LogP contribution in [0.4, 0.5) is 5.69 Å². The fourth-order valence-corrected chi connectivity index (χ4v) is 4.20. The number of hydrogen-bond donors (Lipinski definition) is 2. The summed E-state index contributed by atoms with van der Waals surface area (Å²) in [6.07, 6.45) is 2.70. The molecule has 0 bridgehead atoms. The van der Waals surface area contributed by atoms with Crippen LogP contribution in [0.2, 0.25) is 5.02 Å². The van der Waals surface area contributed by atoms with Crippen LogP contribution in [0.25, 0.3) is 10.9 Å². The van der Waals surface area contributed by atoms with E-state index >= 15 is 0 Å². The number of H-pyrrole nitrogens is 1. The van der Waals surface area contributed by atoms with Crippen molar-refractivity contribution in [2.45, 2.75) is 25.5 Å². The van der Waals surface area contributed by atoms with Crippen molar-refractivity contribution < 1.29 is 14.0 Å². The molecule has 1 atom stereocenters. The van der Waals surface area contributed by atoms with Crippen molar-refractivity contribution in [2.24, 2.45) is 0 Å². The van der Waals surface area contributed by atoms with E-state index in [1.54, 1.807) is 6.07 Å². The van der Waals surface area contributed by atoms with Gasteiger partial charge in [-0.1, -0.05) is 23.7 Å². The van der Waals surface area contributed by atoms with Crippen molar-refractivity contribution in [1.29, 1.82) is 0 Å². The molecule has 1 aliphatic rings. The summed E-state index contributed by atoms with van der Waals surface area (Å²) in [5.74, 6) is -0.167. The Hall–Kier alpha value is -2.34. The molecule has 2 heterocycles. The van der Waals surface area contributed by atoms with Crippen LogP contribution in [0.3, 0.4) is 0 Å². The van der Waals surface area contributed by atoms with E-state index in [0.29, 0.717) is 16.8 Å². The van der Waals surface area contributed by atoms with Crippen molar-refractivity contribution in [3.63, 3.8) is 0 Å². The lowest BCUT2D eigenvalue weighted by Gasteiger charge is -2.32. The summed E-state index contributed by atoms with van der Waals surface area (Å²) < 4.78 is 6.67. The van der Waals surface area contributed by atoms with E-state index in [0.717, 1.165) is 47.2 Å². The third-order valence-corrected chi connectivity index (χ3v) is 5.61. The van der Waals surface area contributed by atoms with Gasteiger partial charge in [0.15, 0.2) is 0 Å². The lowest BCUT2D eigenvalue weighted by Crippen LogP contribution is -2.44. The number of nitrogens with zero attached hydrogens (tertiary/aromatic N) is 1. The molecular formula is C23H27ClN3O2+. The average Bonchev–Trinajstić information content (AvgIpc) is 3.31. The number of likely N-dealkylation sites (N-methyl/N-ethyl adjacent to an activating group) is 1. The van der Waals surface area contributed by atoms with E-state index in [9.17, 15) is 4.79 Å². The first kappa shape index (κ1) is 20.0. The fraction of sp³-hybridized carbons (Fsp3) is 0.348. The molecule has 0 saturated carbocycles. The van der Waals surface area contributed by atoms with Gasteiger partial charge >= 0.3 is 0 Å². The number of fused-ring (bicyclic) bond motifs is 1. The minimum atomic E-state index is -0.167. The Morgan fingerprint density at radius 3 is 2.72 bits per heavy atom. The highest BCUT2D eigenvalue weighted by Crippen LogP contribution is 2.22. The third-order valence-electron chi connectivity index (χ3n) is 5.37. The van der Waals surface area contributed by atoms with Crippen LogP contribution >= 0.6 is 11.6 Å². The van der Waals surface area contributed by atoms with E-state index in [1.165, 1.54) is 12.0 Å². The first-order valence-corrected chi connectivity index (χ1v) is 10.4. The fourth-order valence-electron chi connectivity index (χ4n) is 4.02. The van der Waals surface area contributed by atoms with E-state index in [4.69, 9.17) is 16.3 Å². The summed E-state index contributed by atoms with van der Waals surface area (Å²) in [5, 5.41) is 4.53.